The lowest BCUT2D eigenvalue weighted by Crippen LogP contribution is -2.68. The summed E-state index contributed by atoms with van der Waals surface area (Å²) in [6, 6.07) is 4.59. The van der Waals surface area contributed by atoms with E-state index < -0.39 is 191 Å². The first-order chi connectivity index (χ1) is 30.9. The Kier molecular flexibility index (Phi) is 17.7. The van der Waals surface area contributed by atoms with Crippen molar-refractivity contribution in [1.82, 2.24) is 0 Å². The summed E-state index contributed by atoms with van der Waals surface area (Å²) in [4.78, 5) is 10.3. The Labute approximate surface area is 366 Å². The van der Waals surface area contributed by atoms with Crippen molar-refractivity contribution in [2.75, 3.05) is 33.0 Å². The van der Waals surface area contributed by atoms with Gasteiger partial charge in [-0.15, -0.1) is 0 Å². The van der Waals surface area contributed by atoms with Gasteiger partial charge in [0.25, 0.3) is 5.69 Å². The Morgan fingerprint density at radius 3 is 0.985 bits per heavy atom. The number of aliphatic hydroxyl groups is 16. The van der Waals surface area contributed by atoms with Crippen LogP contribution < -0.4 is 4.74 Å². The van der Waals surface area contributed by atoms with Crippen LogP contribution >= 0.6 is 0 Å². The zero-order valence-corrected chi connectivity index (χ0v) is 33.8. The Hall–Kier alpha value is -2.58. The highest BCUT2D eigenvalue weighted by atomic mass is 16.8. The summed E-state index contributed by atoms with van der Waals surface area (Å²) in [5, 5.41) is 180. The summed E-state index contributed by atoms with van der Waals surface area (Å²) in [5.74, 6) is -0.0196. The average Bonchev–Trinajstić information content (AvgIpc) is 3.30. The van der Waals surface area contributed by atoms with Crippen LogP contribution in [0.1, 0.15) is 0 Å². The quantitative estimate of drug-likeness (QED) is 0.0540. The fraction of sp³-hybridized carbons (Fsp3) is 0.833. The van der Waals surface area contributed by atoms with Crippen LogP contribution in [-0.4, -0.2) is 273 Å². The van der Waals surface area contributed by atoms with Gasteiger partial charge in [0.2, 0.25) is 6.29 Å². The molecule has 0 radical (unpaired) electrons. The molecule has 1 aromatic rings. The van der Waals surface area contributed by atoms with Gasteiger partial charge in [0.15, 0.2) is 25.2 Å². The third kappa shape index (κ3) is 10.8. The molecule has 16 N–H and O–H groups in total. The van der Waals surface area contributed by atoms with Gasteiger partial charge in [0.1, 0.15) is 128 Å². The summed E-state index contributed by atoms with van der Waals surface area (Å²) >= 11 is 0. The van der Waals surface area contributed by atoms with Gasteiger partial charge < -0.3 is 129 Å². The molecule has 25 atom stereocenters. The monoisotopic (exact) mass is 949 g/mol. The topological polar surface area (TPSA) is 459 Å². The number of nitro groups is 1. The van der Waals surface area contributed by atoms with Crippen LogP contribution in [0.2, 0.25) is 0 Å². The number of hydrogen-bond donors (Lipinski definition) is 16. The predicted molar refractivity (Wildman–Crippen MR) is 198 cm³/mol. The molecule has 5 aliphatic heterocycles. The Morgan fingerprint density at radius 2 is 0.677 bits per heavy atom. The molecule has 65 heavy (non-hydrogen) atoms. The van der Waals surface area contributed by atoms with Gasteiger partial charge in [0, 0.05) is 12.1 Å². The van der Waals surface area contributed by atoms with Crippen molar-refractivity contribution in [1.29, 1.82) is 0 Å². The number of benzene rings is 1. The maximum absolute atomic E-state index is 11.2. The van der Waals surface area contributed by atoms with Crippen molar-refractivity contribution in [3.63, 3.8) is 0 Å². The molecule has 6 rings (SSSR count). The number of rotatable bonds is 16. The van der Waals surface area contributed by atoms with E-state index in [4.69, 9.17) is 47.4 Å². The second-order valence-corrected chi connectivity index (χ2v) is 15.8. The molecular formula is C36H55NO28. The van der Waals surface area contributed by atoms with Crippen molar-refractivity contribution in [2.45, 2.75) is 154 Å². The first-order valence-electron chi connectivity index (χ1n) is 20.2. The van der Waals surface area contributed by atoms with Crippen LogP contribution in [0.3, 0.4) is 0 Å². The summed E-state index contributed by atoms with van der Waals surface area (Å²) in [6.45, 7) is -4.63. The van der Waals surface area contributed by atoms with Crippen molar-refractivity contribution < 1.29 is 134 Å². The average molecular weight is 950 g/mol. The number of hydrogen-bond acceptors (Lipinski definition) is 28. The van der Waals surface area contributed by atoms with Crippen molar-refractivity contribution in [3.8, 4) is 5.75 Å². The smallest absolute Gasteiger partial charge is 0.269 e. The minimum absolute atomic E-state index is 0.0196. The molecule has 0 saturated carbocycles. The van der Waals surface area contributed by atoms with Crippen LogP contribution in [0.15, 0.2) is 24.3 Å². The lowest BCUT2D eigenvalue weighted by molar-refractivity contribution is -0.392. The standard InChI is InChI=1S/C36H55NO28/c38-5-12-17(43)18(44)23(49)33(57-12)62-29-14(7-40)59-35(25(51)20(29)46)64-31-16(9-42)61-36(27(53)22(31)48)65-30-15(8-41)60-34(26(52)21(30)47)63-28-13(6-39)58-32(24(50)19(28)45)56-11-3-1-10(2-4-11)37(54)55/h1-4,12-36,38-53H,5-9H2/t12-,13+,14-,15-,16-,17-,18+,19+,20-,21-,22-,23+,24+,25+,26+,27+,28+,29-,30-,31-,32+,33+,34+,35+,36+/m1/s1. The lowest BCUT2D eigenvalue weighted by Gasteiger charge is -2.49. The maximum atomic E-state index is 11.2. The number of aliphatic hydroxyl groups excluding tert-OH is 16. The minimum Gasteiger partial charge on any atom is -0.462 e. The molecule has 1 aromatic carbocycles. The summed E-state index contributed by atoms with van der Waals surface area (Å²) in [7, 11) is 0. The van der Waals surface area contributed by atoms with E-state index >= 15 is 0 Å². The van der Waals surface area contributed by atoms with Crippen molar-refractivity contribution in [2.24, 2.45) is 0 Å². The summed E-state index contributed by atoms with van der Waals surface area (Å²) in [5.41, 5.74) is -0.267. The largest absolute Gasteiger partial charge is 0.462 e. The molecule has 372 valence electrons. The second-order valence-electron chi connectivity index (χ2n) is 15.8. The van der Waals surface area contributed by atoms with Gasteiger partial charge in [-0.1, -0.05) is 0 Å². The number of nitrogens with zero attached hydrogens (tertiary/aromatic N) is 1. The fourth-order valence-corrected chi connectivity index (χ4v) is 7.90. The number of ether oxygens (including phenoxy) is 10. The van der Waals surface area contributed by atoms with E-state index in [1.165, 1.54) is 12.1 Å². The normalized spacial score (nSPS) is 47.3. The van der Waals surface area contributed by atoms with Gasteiger partial charge in [-0.25, -0.2) is 0 Å². The predicted octanol–water partition coefficient (Wildman–Crippen LogP) is -9.93. The molecule has 5 fully saturated rings. The molecule has 0 amide bonds. The molecule has 5 heterocycles. The summed E-state index contributed by atoms with van der Waals surface area (Å²) < 4.78 is 55.6. The molecule has 29 heteroatoms. The van der Waals surface area contributed by atoms with Gasteiger partial charge >= 0.3 is 0 Å². The highest BCUT2D eigenvalue weighted by Gasteiger charge is 2.56. The Morgan fingerprint density at radius 1 is 0.400 bits per heavy atom. The first kappa shape index (κ1) is 51.8. The number of non-ortho nitro benzene ring substituents is 1. The third-order valence-electron chi connectivity index (χ3n) is 11.6. The zero-order chi connectivity index (χ0) is 47.6. The third-order valence-corrected chi connectivity index (χ3v) is 11.6. The van der Waals surface area contributed by atoms with Crippen molar-refractivity contribution >= 4 is 5.69 Å². The molecule has 29 nitrogen and oxygen atoms in total. The second kappa shape index (κ2) is 22.2. The highest BCUT2D eigenvalue weighted by molar-refractivity contribution is 5.36. The number of nitro benzene ring substituents is 1. The minimum atomic E-state index is -2.15. The molecule has 0 aliphatic carbocycles. The van der Waals surface area contributed by atoms with Crippen molar-refractivity contribution in [3.05, 3.63) is 34.4 Å². The van der Waals surface area contributed by atoms with Crippen LogP contribution in [0.5, 0.6) is 5.75 Å². The molecule has 0 unspecified atom stereocenters. The molecular weight excluding hydrogens is 894 g/mol. The van der Waals surface area contributed by atoms with Crippen LogP contribution in [0.25, 0.3) is 0 Å². The first-order valence-corrected chi connectivity index (χ1v) is 20.2. The zero-order valence-electron chi connectivity index (χ0n) is 33.8. The fourth-order valence-electron chi connectivity index (χ4n) is 7.90. The van der Waals surface area contributed by atoms with E-state index in [1.54, 1.807) is 0 Å². The SMILES string of the molecule is O=[N+]([O-])c1ccc(O[C@H]2O[C@@H](CO)[C@H](O[C@@H]3O[C@H](CO)[C@@H](O[C@@H]4O[C@H](CO)[C@@H](O[C@@H]5O[C@H](CO)[C@@H](O[C@@H]6O[C@H](CO)[C@@H](O)[C@H](O)[C@@H]6O)[C@H](O)[C@@H]5O)[C@H](O)[C@@H]4O)[C@H](O)[C@@H]3O)[C@@H](O)[C@@H]2O)cc1. The van der Waals surface area contributed by atoms with Gasteiger partial charge in [-0.05, 0) is 12.1 Å². The lowest BCUT2D eigenvalue weighted by atomic mass is 9.95. The van der Waals surface area contributed by atoms with E-state index in [9.17, 15) is 91.8 Å². The van der Waals surface area contributed by atoms with Gasteiger partial charge in [-0.3, -0.25) is 10.1 Å². The maximum Gasteiger partial charge on any atom is 0.269 e. The molecule has 0 aromatic heterocycles. The van der Waals surface area contributed by atoms with Crippen LogP contribution in [0.4, 0.5) is 5.69 Å². The Bertz CT molecular complexity index is 1640. The highest BCUT2D eigenvalue weighted by Crippen LogP contribution is 2.36. The van der Waals surface area contributed by atoms with Gasteiger partial charge in [-0.2, -0.15) is 0 Å². The van der Waals surface area contributed by atoms with E-state index in [0.29, 0.717) is 0 Å². The van der Waals surface area contributed by atoms with Crippen LogP contribution in [0, 0.1) is 10.1 Å². The Balaban J connectivity index is 1.07. The van der Waals surface area contributed by atoms with Gasteiger partial charge in [0.05, 0.1) is 38.0 Å². The summed E-state index contributed by atoms with van der Waals surface area (Å²) in [6.07, 6.45) is -46.2. The molecule has 0 spiro atoms. The van der Waals surface area contributed by atoms with Crippen LogP contribution in [-0.2, 0) is 42.6 Å². The molecule has 0 bridgehead atoms. The van der Waals surface area contributed by atoms with E-state index in [2.05, 4.69) is 0 Å². The van der Waals surface area contributed by atoms with E-state index in [1.807, 2.05) is 0 Å². The van der Waals surface area contributed by atoms with E-state index in [-0.39, 0.29) is 11.4 Å². The molecule has 5 saturated heterocycles. The molecule has 5 aliphatic rings. The van der Waals surface area contributed by atoms with E-state index in [0.717, 1.165) is 12.1 Å².